The van der Waals surface area contributed by atoms with Crippen LogP contribution in [-0.4, -0.2) is 29.1 Å². The van der Waals surface area contributed by atoms with E-state index in [9.17, 15) is 4.79 Å². The third kappa shape index (κ3) is 2.94. The van der Waals surface area contributed by atoms with E-state index in [1.807, 2.05) is 30.3 Å². The Labute approximate surface area is 109 Å². The third-order valence-electron chi connectivity index (χ3n) is 2.44. The lowest BCUT2D eigenvalue weighted by atomic mass is 10.1. The van der Waals surface area contributed by atoms with E-state index in [2.05, 4.69) is 10.3 Å². The van der Waals surface area contributed by atoms with Gasteiger partial charge in [-0.1, -0.05) is 30.3 Å². The molecule has 0 aliphatic carbocycles. The van der Waals surface area contributed by atoms with Crippen LogP contribution in [0.1, 0.15) is 16.1 Å². The van der Waals surface area contributed by atoms with Gasteiger partial charge in [-0.2, -0.15) is 0 Å². The number of thiazole rings is 1. The Hall–Kier alpha value is -1.72. The molecule has 2 rings (SSSR count). The average Bonchev–Trinajstić information content (AvgIpc) is 2.89. The van der Waals surface area contributed by atoms with E-state index in [1.165, 1.54) is 11.3 Å². The van der Waals surface area contributed by atoms with Gasteiger partial charge in [-0.3, -0.25) is 4.79 Å². The fourth-order valence-electron chi connectivity index (χ4n) is 1.57. The Morgan fingerprint density at radius 1 is 1.33 bits per heavy atom. The minimum absolute atomic E-state index is 0.0779. The number of amides is 1. The highest BCUT2D eigenvalue weighted by Crippen LogP contribution is 2.24. The van der Waals surface area contributed by atoms with Gasteiger partial charge in [0.1, 0.15) is 4.88 Å². The van der Waals surface area contributed by atoms with Gasteiger partial charge in [0.25, 0.3) is 5.91 Å². The van der Waals surface area contributed by atoms with Crippen molar-refractivity contribution in [2.75, 3.05) is 13.2 Å². The summed E-state index contributed by atoms with van der Waals surface area (Å²) >= 11 is 1.32. The number of nitrogens with one attached hydrogen (secondary N) is 1. The highest BCUT2D eigenvalue weighted by molar-refractivity contribution is 7.12. The summed E-state index contributed by atoms with van der Waals surface area (Å²) in [7, 11) is 0. The molecule has 0 unspecified atom stereocenters. The number of carbonyl (C=O) groups is 1. The van der Waals surface area contributed by atoms with Crippen molar-refractivity contribution in [1.82, 2.24) is 10.3 Å². The Morgan fingerprint density at radius 3 is 2.83 bits per heavy atom. The van der Waals surface area contributed by atoms with Gasteiger partial charge in [-0.25, -0.2) is 4.98 Å². The number of hydrogen-bond acceptors (Lipinski definition) is 4. The van der Waals surface area contributed by atoms with Crippen molar-refractivity contribution < 1.29 is 9.90 Å². The van der Waals surface area contributed by atoms with Crippen LogP contribution in [0.2, 0.25) is 0 Å². The van der Waals surface area contributed by atoms with Crippen LogP contribution in [0.3, 0.4) is 0 Å². The zero-order chi connectivity index (χ0) is 12.8. The normalized spacial score (nSPS) is 10.3. The van der Waals surface area contributed by atoms with Crippen LogP contribution in [0.25, 0.3) is 11.3 Å². The lowest BCUT2D eigenvalue weighted by Gasteiger charge is -2.04. The number of benzene rings is 1. The molecule has 2 aromatic rings. The summed E-state index contributed by atoms with van der Waals surface area (Å²) in [5, 5.41) is 11.4. The molecule has 0 atom stereocenters. The van der Waals surface area contributed by atoms with E-state index in [0.29, 0.717) is 23.5 Å². The van der Waals surface area contributed by atoms with Crippen LogP contribution < -0.4 is 5.32 Å². The Balaban J connectivity index is 2.15. The van der Waals surface area contributed by atoms with E-state index in [4.69, 9.17) is 5.11 Å². The highest BCUT2D eigenvalue weighted by atomic mass is 32.1. The van der Waals surface area contributed by atoms with Crippen molar-refractivity contribution in [2.24, 2.45) is 0 Å². The number of rotatable bonds is 5. The maximum Gasteiger partial charge on any atom is 0.263 e. The van der Waals surface area contributed by atoms with Crippen LogP contribution in [0, 0.1) is 0 Å². The minimum atomic E-state index is -0.134. The molecule has 0 aliphatic rings. The van der Waals surface area contributed by atoms with E-state index in [1.54, 1.807) is 5.51 Å². The van der Waals surface area contributed by atoms with E-state index in [-0.39, 0.29) is 12.5 Å². The van der Waals surface area contributed by atoms with Crippen molar-refractivity contribution in [3.8, 4) is 11.3 Å². The van der Waals surface area contributed by atoms with Crippen molar-refractivity contribution in [2.45, 2.75) is 6.42 Å². The van der Waals surface area contributed by atoms with Gasteiger partial charge < -0.3 is 10.4 Å². The second-order valence-corrected chi connectivity index (χ2v) is 4.58. The summed E-state index contributed by atoms with van der Waals surface area (Å²) in [6.45, 7) is 0.552. The quantitative estimate of drug-likeness (QED) is 0.809. The lowest BCUT2D eigenvalue weighted by Crippen LogP contribution is -2.24. The molecule has 1 amide bonds. The summed E-state index contributed by atoms with van der Waals surface area (Å²) in [4.78, 5) is 16.8. The summed E-state index contributed by atoms with van der Waals surface area (Å²) in [5.41, 5.74) is 3.32. The molecule has 0 saturated carbocycles. The van der Waals surface area contributed by atoms with Crippen molar-refractivity contribution in [1.29, 1.82) is 0 Å². The molecule has 4 nitrogen and oxygen atoms in total. The molecule has 0 bridgehead atoms. The third-order valence-corrected chi connectivity index (χ3v) is 3.27. The number of aromatic nitrogens is 1. The molecular formula is C13H14N2O2S. The van der Waals surface area contributed by atoms with Gasteiger partial charge in [0.2, 0.25) is 0 Å². The van der Waals surface area contributed by atoms with Crippen LogP contribution in [0.15, 0.2) is 35.8 Å². The summed E-state index contributed by atoms with van der Waals surface area (Å²) in [6.07, 6.45) is 0.561. The van der Waals surface area contributed by atoms with Gasteiger partial charge in [-0.15, -0.1) is 11.3 Å². The molecule has 1 heterocycles. The number of aliphatic hydroxyl groups is 1. The highest BCUT2D eigenvalue weighted by Gasteiger charge is 2.15. The topological polar surface area (TPSA) is 62.2 Å². The molecule has 2 N–H and O–H groups in total. The monoisotopic (exact) mass is 262 g/mol. The van der Waals surface area contributed by atoms with Crippen molar-refractivity contribution in [3.63, 3.8) is 0 Å². The number of aliphatic hydroxyl groups excluding tert-OH is 1. The number of hydrogen-bond donors (Lipinski definition) is 2. The van der Waals surface area contributed by atoms with E-state index >= 15 is 0 Å². The van der Waals surface area contributed by atoms with Gasteiger partial charge in [-0.05, 0) is 6.42 Å². The summed E-state index contributed by atoms with van der Waals surface area (Å²) < 4.78 is 0. The number of nitrogens with zero attached hydrogens (tertiary/aromatic N) is 1. The molecule has 0 saturated heterocycles. The molecule has 5 heteroatoms. The predicted octanol–water partition coefficient (Wildman–Crippen LogP) is 1.92. The van der Waals surface area contributed by atoms with Crippen molar-refractivity contribution >= 4 is 17.2 Å². The predicted molar refractivity (Wildman–Crippen MR) is 71.6 cm³/mol. The fraction of sp³-hybridized carbons (Fsp3) is 0.231. The van der Waals surface area contributed by atoms with Gasteiger partial charge in [0.15, 0.2) is 0 Å². The average molecular weight is 262 g/mol. The van der Waals surface area contributed by atoms with Crippen LogP contribution in [-0.2, 0) is 0 Å². The zero-order valence-corrected chi connectivity index (χ0v) is 10.6. The first kappa shape index (κ1) is 12.7. The Bertz CT molecular complexity index is 511. The summed E-state index contributed by atoms with van der Waals surface area (Å²) in [5.74, 6) is -0.134. The molecular weight excluding hydrogens is 248 g/mol. The fourth-order valence-corrected chi connectivity index (χ4v) is 2.30. The van der Waals surface area contributed by atoms with Gasteiger partial charge in [0, 0.05) is 18.7 Å². The van der Waals surface area contributed by atoms with Crippen molar-refractivity contribution in [3.05, 3.63) is 40.7 Å². The van der Waals surface area contributed by atoms with Crippen LogP contribution in [0.5, 0.6) is 0 Å². The standard InChI is InChI=1S/C13H14N2O2S/c16-8-4-7-14-13(17)12-11(15-9-18-12)10-5-2-1-3-6-10/h1-3,5-6,9,16H,4,7-8H2,(H,14,17). The maximum atomic E-state index is 12.0. The molecule has 1 aromatic carbocycles. The molecule has 0 aliphatic heterocycles. The first-order chi connectivity index (χ1) is 8.83. The maximum absolute atomic E-state index is 12.0. The Kier molecular flexibility index (Phi) is 4.44. The molecule has 0 radical (unpaired) electrons. The zero-order valence-electron chi connectivity index (χ0n) is 9.80. The minimum Gasteiger partial charge on any atom is -0.396 e. The van der Waals surface area contributed by atoms with Gasteiger partial charge in [0.05, 0.1) is 11.2 Å². The molecule has 1 aromatic heterocycles. The number of carbonyl (C=O) groups excluding carboxylic acids is 1. The smallest absolute Gasteiger partial charge is 0.263 e. The van der Waals surface area contributed by atoms with E-state index < -0.39 is 0 Å². The molecule has 0 spiro atoms. The first-order valence-electron chi connectivity index (χ1n) is 5.71. The lowest BCUT2D eigenvalue weighted by molar-refractivity contribution is 0.0955. The largest absolute Gasteiger partial charge is 0.396 e. The SMILES string of the molecule is O=C(NCCCO)c1scnc1-c1ccccc1. The summed E-state index contributed by atoms with van der Waals surface area (Å²) in [6, 6.07) is 9.63. The van der Waals surface area contributed by atoms with Gasteiger partial charge >= 0.3 is 0 Å². The molecule has 18 heavy (non-hydrogen) atoms. The second kappa shape index (κ2) is 6.28. The molecule has 94 valence electrons. The second-order valence-electron chi connectivity index (χ2n) is 3.73. The van der Waals surface area contributed by atoms with Crippen LogP contribution >= 0.6 is 11.3 Å². The first-order valence-corrected chi connectivity index (χ1v) is 6.59. The Morgan fingerprint density at radius 2 is 2.11 bits per heavy atom. The molecule has 0 fully saturated rings. The van der Waals surface area contributed by atoms with E-state index in [0.717, 1.165) is 5.56 Å². The van der Waals surface area contributed by atoms with Crippen LogP contribution in [0.4, 0.5) is 0 Å².